The van der Waals surface area contributed by atoms with Crippen molar-refractivity contribution in [2.75, 3.05) is 11.4 Å². The summed E-state index contributed by atoms with van der Waals surface area (Å²) in [6, 6.07) is 2.88. The van der Waals surface area contributed by atoms with E-state index in [-0.39, 0.29) is 11.7 Å². The van der Waals surface area contributed by atoms with Gasteiger partial charge in [0.2, 0.25) is 5.91 Å². The molecular formula is C17H23BFNO3. The second-order valence-electron chi connectivity index (χ2n) is 7.40. The average molecular weight is 319 g/mol. The zero-order chi connectivity index (χ0) is 17.0. The van der Waals surface area contributed by atoms with Crippen LogP contribution < -0.4 is 10.4 Å². The molecule has 124 valence electrons. The fourth-order valence-electron chi connectivity index (χ4n) is 3.16. The summed E-state index contributed by atoms with van der Waals surface area (Å²) in [6.45, 7) is 10.3. The smallest absolute Gasteiger partial charge is 0.399 e. The lowest BCUT2D eigenvalue weighted by Crippen LogP contribution is -2.41. The average Bonchev–Trinajstić information content (AvgIpc) is 2.90. The maximum atomic E-state index is 14.0. The SMILES string of the molecule is Cc1cc(F)cc(B2OC(C)(C)C(C)(C)O2)c1N1CCCC1=O. The van der Waals surface area contributed by atoms with Crippen molar-refractivity contribution in [2.24, 2.45) is 0 Å². The topological polar surface area (TPSA) is 38.8 Å². The highest BCUT2D eigenvalue weighted by Crippen LogP contribution is 2.38. The molecule has 0 aromatic heterocycles. The number of nitrogens with zero attached hydrogens (tertiary/aromatic N) is 1. The van der Waals surface area contributed by atoms with Gasteiger partial charge in [-0.15, -0.1) is 0 Å². The number of rotatable bonds is 2. The number of benzene rings is 1. The maximum absolute atomic E-state index is 14.0. The Balaban J connectivity index is 2.07. The fourth-order valence-corrected chi connectivity index (χ4v) is 3.16. The van der Waals surface area contributed by atoms with Crippen molar-refractivity contribution in [3.05, 3.63) is 23.5 Å². The Kier molecular flexibility index (Phi) is 3.80. The molecule has 2 fully saturated rings. The minimum atomic E-state index is -0.683. The van der Waals surface area contributed by atoms with Crippen LogP contribution in [0.5, 0.6) is 0 Å². The summed E-state index contributed by atoms with van der Waals surface area (Å²) in [7, 11) is -0.683. The third-order valence-corrected chi connectivity index (χ3v) is 5.15. The van der Waals surface area contributed by atoms with Gasteiger partial charge in [-0.3, -0.25) is 4.79 Å². The fraction of sp³-hybridized carbons (Fsp3) is 0.588. The Bertz CT molecular complexity index is 643. The van der Waals surface area contributed by atoms with E-state index < -0.39 is 18.3 Å². The van der Waals surface area contributed by atoms with Gasteiger partial charge < -0.3 is 14.2 Å². The molecule has 1 amide bonds. The Labute approximate surface area is 137 Å². The van der Waals surface area contributed by atoms with E-state index in [1.165, 1.54) is 12.1 Å². The first-order chi connectivity index (χ1) is 10.6. The molecule has 0 spiro atoms. The molecule has 2 saturated heterocycles. The number of hydrogen-bond donors (Lipinski definition) is 0. The number of hydrogen-bond acceptors (Lipinski definition) is 3. The number of carbonyl (C=O) groups is 1. The minimum absolute atomic E-state index is 0.0671. The normalized spacial score (nSPS) is 23.0. The van der Waals surface area contributed by atoms with Gasteiger partial charge in [0, 0.05) is 24.1 Å². The summed E-state index contributed by atoms with van der Waals surface area (Å²) in [5.41, 5.74) is 1.03. The van der Waals surface area contributed by atoms with Gasteiger partial charge in [0.05, 0.1) is 11.2 Å². The van der Waals surface area contributed by atoms with Crippen LogP contribution >= 0.6 is 0 Å². The lowest BCUT2D eigenvalue weighted by molar-refractivity contribution is -0.117. The van der Waals surface area contributed by atoms with Gasteiger partial charge in [0.25, 0.3) is 0 Å². The molecule has 0 bridgehead atoms. The van der Waals surface area contributed by atoms with Crippen LogP contribution in [0.2, 0.25) is 0 Å². The van der Waals surface area contributed by atoms with Crippen LogP contribution in [0.15, 0.2) is 12.1 Å². The molecule has 4 nitrogen and oxygen atoms in total. The van der Waals surface area contributed by atoms with Crippen LogP contribution in [-0.4, -0.2) is 30.8 Å². The maximum Gasteiger partial charge on any atom is 0.497 e. The Morgan fingerprint density at radius 1 is 1.17 bits per heavy atom. The summed E-state index contributed by atoms with van der Waals surface area (Å²) in [5, 5.41) is 0. The van der Waals surface area contributed by atoms with E-state index in [4.69, 9.17) is 9.31 Å². The molecule has 1 aromatic carbocycles. The molecule has 0 saturated carbocycles. The zero-order valence-electron chi connectivity index (χ0n) is 14.4. The molecule has 1 aromatic rings. The van der Waals surface area contributed by atoms with Gasteiger partial charge >= 0.3 is 7.12 Å². The third kappa shape index (κ3) is 2.68. The Hall–Kier alpha value is -1.40. The lowest BCUT2D eigenvalue weighted by atomic mass is 9.76. The highest BCUT2D eigenvalue weighted by atomic mass is 19.1. The first kappa shape index (κ1) is 16.5. The Morgan fingerprint density at radius 3 is 2.30 bits per heavy atom. The molecule has 2 aliphatic heterocycles. The number of aryl methyl sites for hydroxylation is 1. The summed E-state index contributed by atoms with van der Waals surface area (Å²) in [6.07, 6.45) is 1.35. The van der Waals surface area contributed by atoms with E-state index in [0.717, 1.165) is 17.7 Å². The van der Waals surface area contributed by atoms with Crippen LogP contribution in [0.3, 0.4) is 0 Å². The van der Waals surface area contributed by atoms with E-state index in [2.05, 4.69) is 0 Å². The predicted octanol–water partition coefficient (Wildman–Crippen LogP) is 2.56. The van der Waals surface area contributed by atoms with Gasteiger partial charge in [-0.05, 0) is 58.7 Å². The number of anilines is 1. The molecule has 2 heterocycles. The van der Waals surface area contributed by atoms with E-state index in [9.17, 15) is 9.18 Å². The van der Waals surface area contributed by atoms with Crippen molar-refractivity contribution < 1.29 is 18.5 Å². The molecule has 3 rings (SSSR count). The van der Waals surface area contributed by atoms with Crippen LogP contribution in [0, 0.1) is 12.7 Å². The highest BCUT2D eigenvalue weighted by Gasteiger charge is 2.53. The van der Waals surface area contributed by atoms with Gasteiger partial charge in [-0.1, -0.05) is 0 Å². The predicted molar refractivity (Wildman–Crippen MR) is 88.4 cm³/mol. The van der Waals surface area contributed by atoms with Crippen molar-refractivity contribution in [1.29, 1.82) is 0 Å². The standard InChI is InChI=1S/C17H23BFNO3/c1-11-9-12(19)10-13(15(11)20-8-6-7-14(20)21)18-22-16(2,3)17(4,5)23-18/h9-10H,6-8H2,1-5H3. The largest absolute Gasteiger partial charge is 0.497 e. The van der Waals surface area contributed by atoms with Crippen LogP contribution in [0.4, 0.5) is 10.1 Å². The summed E-state index contributed by atoms with van der Waals surface area (Å²) >= 11 is 0. The molecule has 0 aliphatic carbocycles. The van der Waals surface area contributed by atoms with Crippen molar-refractivity contribution in [3.8, 4) is 0 Å². The molecule has 0 unspecified atom stereocenters. The summed E-state index contributed by atoms with van der Waals surface area (Å²) < 4.78 is 26.2. The monoisotopic (exact) mass is 319 g/mol. The second kappa shape index (κ2) is 5.31. The molecule has 6 heteroatoms. The number of halogens is 1. The van der Waals surface area contributed by atoms with Crippen LogP contribution in [0.1, 0.15) is 46.1 Å². The van der Waals surface area contributed by atoms with Gasteiger partial charge in [0.15, 0.2) is 0 Å². The lowest BCUT2D eigenvalue weighted by Gasteiger charge is -2.32. The molecule has 2 aliphatic rings. The summed E-state index contributed by atoms with van der Waals surface area (Å²) in [4.78, 5) is 13.9. The number of amides is 1. The second-order valence-corrected chi connectivity index (χ2v) is 7.40. The van der Waals surface area contributed by atoms with E-state index in [1.54, 1.807) is 4.90 Å². The zero-order valence-corrected chi connectivity index (χ0v) is 14.4. The van der Waals surface area contributed by atoms with Gasteiger partial charge in [0.1, 0.15) is 5.82 Å². The molecule has 23 heavy (non-hydrogen) atoms. The van der Waals surface area contributed by atoms with Crippen molar-refractivity contribution in [3.63, 3.8) is 0 Å². The van der Waals surface area contributed by atoms with Crippen molar-refractivity contribution in [2.45, 2.75) is 58.7 Å². The van der Waals surface area contributed by atoms with Gasteiger partial charge in [-0.2, -0.15) is 0 Å². The third-order valence-electron chi connectivity index (χ3n) is 5.15. The van der Waals surface area contributed by atoms with Crippen LogP contribution in [0.25, 0.3) is 0 Å². The first-order valence-corrected chi connectivity index (χ1v) is 8.08. The van der Waals surface area contributed by atoms with Crippen LogP contribution in [-0.2, 0) is 14.1 Å². The Morgan fingerprint density at radius 2 is 1.78 bits per heavy atom. The molecule has 0 N–H and O–H groups in total. The first-order valence-electron chi connectivity index (χ1n) is 8.08. The summed E-state index contributed by atoms with van der Waals surface area (Å²) in [5.74, 6) is -0.278. The van der Waals surface area contributed by atoms with Crippen molar-refractivity contribution in [1.82, 2.24) is 0 Å². The van der Waals surface area contributed by atoms with Gasteiger partial charge in [-0.25, -0.2) is 4.39 Å². The number of carbonyl (C=O) groups excluding carboxylic acids is 1. The quantitative estimate of drug-likeness (QED) is 0.787. The van der Waals surface area contributed by atoms with E-state index in [1.807, 2.05) is 34.6 Å². The molecular weight excluding hydrogens is 296 g/mol. The minimum Gasteiger partial charge on any atom is -0.399 e. The molecule has 0 atom stereocenters. The molecule has 0 radical (unpaired) electrons. The highest BCUT2D eigenvalue weighted by molar-refractivity contribution is 6.64. The van der Waals surface area contributed by atoms with E-state index >= 15 is 0 Å². The van der Waals surface area contributed by atoms with Crippen molar-refractivity contribution >= 4 is 24.2 Å². The van der Waals surface area contributed by atoms with E-state index in [0.29, 0.717) is 18.4 Å².